The van der Waals surface area contributed by atoms with Crippen LogP contribution in [0.15, 0.2) is 28.7 Å². The van der Waals surface area contributed by atoms with Gasteiger partial charge < -0.3 is 4.74 Å². The molecule has 0 N–H and O–H groups in total. The van der Waals surface area contributed by atoms with Crippen LogP contribution in [0.3, 0.4) is 0 Å². The first-order valence-corrected chi connectivity index (χ1v) is 4.57. The number of hydrogen-bond donors (Lipinski definition) is 0. The molecule has 0 unspecified atom stereocenters. The second-order valence-electron chi connectivity index (χ2n) is 2.32. The molecule has 1 aromatic carbocycles. The van der Waals surface area contributed by atoms with E-state index in [4.69, 9.17) is 4.74 Å². The molecule has 0 radical (unpaired) electrons. The summed E-state index contributed by atoms with van der Waals surface area (Å²) in [6.45, 7) is 0.101. The highest BCUT2D eigenvalue weighted by Crippen LogP contribution is 2.23. The molecule has 0 aliphatic heterocycles. The largest absolute Gasteiger partial charge is 0.492 e. The maximum absolute atomic E-state index is 11.7. The van der Waals surface area contributed by atoms with Crippen LogP contribution in [0.5, 0.6) is 5.75 Å². The Kier molecular flexibility index (Phi) is 4.08. The minimum atomic E-state index is -0.329. The third-order valence-electron chi connectivity index (χ3n) is 1.37. The summed E-state index contributed by atoms with van der Waals surface area (Å²) in [5, 5.41) is 0. The van der Waals surface area contributed by atoms with E-state index in [9.17, 15) is 4.39 Å². The van der Waals surface area contributed by atoms with E-state index in [0.29, 0.717) is 13.0 Å². The van der Waals surface area contributed by atoms with Gasteiger partial charge in [-0.15, -0.1) is 0 Å². The Bertz CT molecular complexity index is 240. The van der Waals surface area contributed by atoms with Crippen LogP contribution in [0, 0.1) is 0 Å². The third kappa shape index (κ3) is 2.81. The minimum absolute atomic E-state index is 0.329. The first-order chi connectivity index (χ1) is 5.84. The van der Waals surface area contributed by atoms with Crippen molar-refractivity contribution in [2.45, 2.75) is 6.42 Å². The van der Waals surface area contributed by atoms with Crippen LogP contribution < -0.4 is 4.74 Å². The van der Waals surface area contributed by atoms with Crippen LogP contribution in [0.1, 0.15) is 6.42 Å². The third-order valence-corrected chi connectivity index (χ3v) is 2.03. The van der Waals surface area contributed by atoms with Crippen LogP contribution in [-0.2, 0) is 0 Å². The van der Waals surface area contributed by atoms with Crippen LogP contribution in [0.2, 0.25) is 0 Å². The molecule has 0 saturated carbocycles. The van der Waals surface area contributed by atoms with Crippen LogP contribution in [0.25, 0.3) is 0 Å². The molecule has 3 heteroatoms. The fourth-order valence-electron chi connectivity index (χ4n) is 0.798. The number of rotatable bonds is 4. The Morgan fingerprint density at radius 1 is 1.33 bits per heavy atom. The molecule has 0 amide bonds. The predicted molar refractivity (Wildman–Crippen MR) is 50.2 cm³/mol. The molecule has 0 heterocycles. The van der Waals surface area contributed by atoms with E-state index >= 15 is 0 Å². The van der Waals surface area contributed by atoms with E-state index in [-0.39, 0.29) is 6.67 Å². The molecule has 0 bridgehead atoms. The summed E-state index contributed by atoms with van der Waals surface area (Å²) >= 11 is 3.33. The normalized spacial score (nSPS) is 9.83. The molecule has 0 saturated heterocycles. The molecular formula is C9H10BrFO. The molecule has 12 heavy (non-hydrogen) atoms. The Hall–Kier alpha value is -0.570. The highest BCUT2D eigenvalue weighted by Gasteiger charge is 1.97. The van der Waals surface area contributed by atoms with Gasteiger partial charge in [0.2, 0.25) is 0 Å². The number of halogens is 2. The fraction of sp³-hybridized carbons (Fsp3) is 0.333. The quantitative estimate of drug-likeness (QED) is 0.725. The van der Waals surface area contributed by atoms with Crippen molar-refractivity contribution in [2.24, 2.45) is 0 Å². The Balaban J connectivity index is 2.46. The molecule has 66 valence electrons. The van der Waals surface area contributed by atoms with Crippen molar-refractivity contribution < 1.29 is 9.13 Å². The van der Waals surface area contributed by atoms with E-state index in [0.717, 1.165) is 10.2 Å². The standard InChI is InChI=1S/C9H10BrFO/c10-8-4-1-2-5-9(8)12-7-3-6-11/h1-2,4-5H,3,6-7H2. The smallest absolute Gasteiger partial charge is 0.133 e. The summed E-state index contributed by atoms with van der Waals surface area (Å²) in [4.78, 5) is 0. The van der Waals surface area contributed by atoms with Crippen LogP contribution >= 0.6 is 15.9 Å². The zero-order chi connectivity index (χ0) is 8.81. The molecule has 1 nitrogen and oxygen atoms in total. The van der Waals surface area contributed by atoms with Crippen molar-refractivity contribution in [3.63, 3.8) is 0 Å². The van der Waals surface area contributed by atoms with Gasteiger partial charge in [0.15, 0.2) is 0 Å². The average Bonchev–Trinajstić information content (AvgIpc) is 2.09. The van der Waals surface area contributed by atoms with E-state index in [1.807, 2.05) is 24.3 Å². The topological polar surface area (TPSA) is 9.23 Å². The van der Waals surface area contributed by atoms with E-state index in [1.165, 1.54) is 0 Å². The van der Waals surface area contributed by atoms with E-state index in [2.05, 4.69) is 15.9 Å². The average molecular weight is 233 g/mol. The van der Waals surface area contributed by atoms with Gasteiger partial charge in [0.1, 0.15) is 5.75 Å². The SMILES string of the molecule is FCCCOc1ccccc1Br. The van der Waals surface area contributed by atoms with Crippen molar-refractivity contribution in [1.29, 1.82) is 0 Å². The Labute approximate surface area is 79.7 Å². The minimum Gasteiger partial charge on any atom is -0.492 e. The summed E-state index contributed by atoms with van der Waals surface area (Å²) in [5.41, 5.74) is 0. The summed E-state index contributed by atoms with van der Waals surface area (Å²) in [5.74, 6) is 0.769. The lowest BCUT2D eigenvalue weighted by Gasteiger charge is -2.05. The zero-order valence-electron chi connectivity index (χ0n) is 6.59. The second-order valence-corrected chi connectivity index (χ2v) is 3.18. The monoisotopic (exact) mass is 232 g/mol. The lowest BCUT2D eigenvalue weighted by atomic mass is 10.3. The summed E-state index contributed by atoms with van der Waals surface area (Å²) in [6.07, 6.45) is 0.446. The maximum atomic E-state index is 11.7. The first kappa shape index (κ1) is 9.52. The molecular weight excluding hydrogens is 223 g/mol. The highest BCUT2D eigenvalue weighted by molar-refractivity contribution is 9.10. The highest BCUT2D eigenvalue weighted by atomic mass is 79.9. The van der Waals surface area contributed by atoms with Gasteiger partial charge in [0.05, 0.1) is 17.8 Å². The number of ether oxygens (including phenoxy) is 1. The van der Waals surface area contributed by atoms with E-state index in [1.54, 1.807) is 0 Å². The maximum Gasteiger partial charge on any atom is 0.133 e. The first-order valence-electron chi connectivity index (χ1n) is 3.78. The number of benzene rings is 1. The Morgan fingerprint density at radius 2 is 2.08 bits per heavy atom. The van der Waals surface area contributed by atoms with Crippen molar-refractivity contribution in [2.75, 3.05) is 13.3 Å². The van der Waals surface area contributed by atoms with E-state index < -0.39 is 0 Å². The predicted octanol–water partition coefficient (Wildman–Crippen LogP) is 3.19. The van der Waals surface area contributed by atoms with Gasteiger partial charge >= 0.3 is 0 Å². The number of alkyl halides is 1. The van der Waals surface area contributed by atoms with Gasteiger partial charge in [-0.2, -0.15) is 0 Å². The van der Waals surface area contributed by atoms with Crippen molar-refractivity contribution in [3.05, 3.63) is 28.7 Å². The number of para-hydroxylation sites is 1. The zero-order valence-corrected chi connectivity index (χ0v) is 8.18. The van der Waals surface area contributed by atoms with Gasteiger partial charge in [-0.25, -0.2) is 0 Å². The van der Waals surface area contributed by atoms with Gasteiger partial charge in [0.25, 0.3) is 0 Å². The fourth-order valence-corrected chi connectivity index (χ4v) is 1.20. The molecule has 0 aliphatic carbocycles. The molecule has 1 rings (SSSR count). The molecule has 1 aromatic rings. The second kappa shape index (κ2) is 5.14. The van der Waals surface area contributed by atoms with Gasteiger partial charge in [-0.3, -0.25) is 4.39 Å². The summed E-state index contributed by atoms with van der Waals surface area (Å²) < 4.78 is 17.9. The lowest BCUT2D eigenvalue weighted by molar-refractivity contribution is 0.288. The van der Waals surface area contributed by atoms with Gasteiger partial charge in [0, 0.05) is 6.42 Å². The molecule has 0 aromatic heterocycles. The van der Waals surface area contributed by atoms with Crippen molar-refractivity contribution in [1.82, 2.24) is 0 Å². The Morgan fingerprint density at radius 3 is 2.75 bits per heavy atom. The summed E-state index contributed by atoms with van der Waals surface area (Å²) in [7, 11) is 0. The van der Waals surface area contributed by atoms with Crippen molar-refractivity contribution in [3.8, 4) is 5.75 Å². The lowest BCUT2D eigenvalue weighted by Crippen LogP contribution is -1.98. The van der Waals surface area contributed by atoms with Gasteiger partial charge in [-0.05, 0) is 28.1 Å². The van der Waals surface area contributed by atoms with Crippen molar-refractivity contribution >= 4 is 15.9 Å². The molecule has 0 spiro atoms. The molecule has 0 fully saturated rings. The van der Waals surface area contributed by atoms with Crippen LogP contribution in [-0.4, -0.2) is 13.3 Å². The molecule has 0 aliphatic rings. The number of hydrogen-bond acceptors (Lipinski definition) is 1. The summed E-state index contributed by atoms with van der Waals surface area (Å²) in [6, 6.07) is 7.54. The van der Waals surface area contributed by atoms with Crippen LogP contribution in [0.4, 0.5) is 4.39 Å². The molecule has 0 atom stereocenters. The van der Waals surface area contributed by atoms with Gasteiger partial charge in [-0.1, -0.05) is 12.1 Å².